The standard InChI is InChI=1S/C14H14FN3O/c1-9-8-12(18-16)6-7-13(9)14(19)17-11-4-2-10(15)3-5-11/h2-8,18H,16H2,1H3,(H,17,19). The molecule has 0 fully saturated rings. The van der Waals surface area contributed by atoms with Gasteiger partial charge in [-0.15, -0.1) is 0 Å². The second-order valence-electron chi connectivity index (χ2n) is 4.14. The molecule has 98 valence electrons. The van der Waals surface area contributed by atoms with E-state index in [1.807, 2.05) is 6.92 Å². The summed E-state index contributed by atoms with van der Waals surface area (Å²) in [6.45, 7) is 1.82. The maximum atomic E-state index is 12.8. The van der Waals surface area contributed by atoms with Gasteiger partial charge < -0.3 is 10.7 Å². The van der Waals surface area contributed by atoms with Crippen LogP contribution in [0.25, 0.3) is 0 Å². The number of hydrazine groups is 1. The average molecular weight is 259 g/mol. The number of rotatable bonds is 3. The smallest absolute Gasteiger partial charge is 0.255 e. The minimum Gasteiger partial charge on any atom is -0.324 e. The van der Waals surface area contributed by atoms with Crippen molar-refractivity contribution in [2.45, 2.75) is 6.92 Å². The van der Waals surface area contributed by atoms with Gasteiger partial charge in [-0.25, -0.2) is 4.39 Å². The lowest BCUT2D eigenvalue weighted by atomic mass is 10.1. The Bertz CT molecular complexity index is 596. The second-order valence-corrected chi connectivity index (χ2v) is 4.14. The zero-order valence-electron chi connectivity index (χ0n) is 10.4. The van der Waals surface area contributed by atoms with Gasteiger partial charge in [0.25, 0.3) is 5.91 Å². The molecule has 19 heavy (non-hydrogen) atoms. The molecule has 0 unspecified atom stereocenters. The van der Waals surface area contributed by atoms with E-state index in [2.05, 4.69) is 10.7 Å². The van der Waals surface area contributed by atoms with Gasteiger partial charge in [0.2, 0.25) is 0 Å². The molecular formula is C14H14FN3O. The number of nitrogen functional groups attached to an aromatic ring is 1. The fraction of sp³-hybridized carbons (Fsp3) is 0.0714. The number of anilines is 2. The number of benzene rings is 2. The molecule has 0 aliphatic heterocycles. The van der Waals surface area contributed by atoms with E-state index in [0.717, 1.165) is 11.3 Å². The highest BCUT2D eigenvalue weighted by Crippen LogP contribution is 2.16. The SMILES string of the molecule is Cc1cc(NN)ccc1C(=O)Nc1ccc(F)cc1. The minimum absolute atomic E-state index is 0.243. The number of carbonyl (C=O) groups is 1. The van der Waals surface area contributed by atoms with Crippen molar-refractivity contribution in [1.82, 2.24) is 0 Å². The maximum absolute atomic E-state index is 12.8. The molecule has 0 heterocycles. The van der Waals surface area contributed by atoms with Crippen molar-refractivity contribution in [3.8, 4) is 0 Å². The highest BCUT2D eigenvalue weighted by atomic mass is 19.1. The van der Waals surface area contributed by atoms with E-state index in [-0.39, 0.29) is 11.7 Å². The second kappa shape index (κ2) is 5.49. The summed E-state index contributed by atoms with van der Waals surface area (Å²) in [5.74, 6) is 4.71. The fourth-order valence-electron chi connectivity index (χ4n) is 1.74. The highest BCUT2D eigenvalue weighted by Gasteiger charge is 2.09. The highest BCUT2D eigenvalue weighted by molar-refractivity contribution is 6.05. The largest absolute Gasteiger partial charge is 0.324 e. The molecule has 0 saturated carbocycles. The Morgan fingerprint density at radius 3 is 2.32 bits per heavy atom. The van der Waals surface area contributed by atoms with Crippen LogP contribution in [0.2, 0.25) is 0 Å². The van der Waals surface area contributed by atoms with Crippen molar-refractivity contribution < 1.29 is 9.18 Å². The fourth-order valence-corrected chi connectivity index (χ4v) is 1.74. The molecule has 0 radical (unpaired) electrons. The third-order valence-corrected chi connectivity index (χ3v) is 2.74. The number of hydrogen-bond acceptors (Lipinski definition) is 3. The van der Waals surface area contributed by atoms with Crippen molar-refractivity contribution in [3.05, 3.63) is 59.4 Å². The number of nitrogens with two attached hydrogens (primary N) is 1. The Balaban J connectivity index is 2.18. The summed E-state index contributed by atoms with van der Waals surface area (Å²) in [6.07, 6.45) is 0. The zero-order valence-corrected chi connectivity index (χ0v) is 10.4. The molecule has 0 bridgehead atoms. The van der Waals surface area contributed by atoms with Crippen LogP contribution in [-0.4, -0.2) is 5.91 Å². The number of carbonyl (C=O) groups excluding carboxylic acids is 1. The molecular weight excluding hydrogens is 245 g/mol. The molecule has 0 saturated heterocycles. The Hall–Kier alpha value is -2.40. The first-order chi connectivity index (χ1) is 9.10. The molecule has 0 atom stereocenters. The van der Waals surface area contributed by atoms with Crippen LogP contribution in [0.4, 0.5) is 15.8 Å². The Morgan fingerprint density at radius 1 is 1.11 bits per heavy atom. The minimum atomic E-state index is -0.340. The van der Waals surface area contributed by atoms with Crippen LogP contribution in [0.3, 0.4) is 0 Å². The van der Waals surface area contributed by atoms with Crippen LogP contribution in [0.1, 0.15) is 15.9 Å². The number of halogens is 1. The molecule has 2 aromatic rings. The quantitative estimate of drug-likeness (QED) is 0.586. The van der Waals surface area contributed by atoms with Gasteiger partial charge in [0.1, 0.15) is 5.82 Å². The van der Waals surface area contributed by atoms with Gasteiger partial charge in [0.15, 0.2) is 0 Å². The van der Waals surface area contributed by atoms with Gasteiger partial charge in [-0.2, -0.15) is 0 Å². The van der Waals surface area contributed by atoms with Crippen molar-refractivity contribution in [3.63, 3.8) is 0 Å². The molecule has 0 spiro atoms. The van der Waals surface area contributed by atoms with Crippen molar-refractivity contribution >= 4 is 17.3 Å². The Kier molecular flexibility index (Phi) is 3.77. The van der Waals surface area contributed by atoms with Crippen LogP contribution < -0.4 is 16.6 Å². The topological polar surface area (TPSA) is 67.1 Å². The van der Waals surface area contributed by atoms with E-state index in [0.29, 0.717) is 11.3 Å². The molecule has 2 rings (SSSR count). The van der Waals surface area contributed by atoms with E-state index in [1.165, 1.54) is 24.3 Å². The van der Waals surface area contributed by atoms with Crippen LogP contribution >= 0.6 is 0 Å². The predicted molar refractivity (Wildman–Crippen MR) is 73.3 cm³/mol. The molecule has 0 aromatic heterocycles. The molecule has 4 nitrogen and oxygen atoms in total. The summed E-state index contributed by atoms with van der Waals surface area (Å²) in [6, 6.07) is 10.8. The van der Waals surface area contributed by atoms with E-state index < -0.39 is 0 Å². The van der Waals surface area contributed by atoms with Crippen molar-refractivity contribution in [2.75, 3.05) is 10.7 Å². The average Bonchev–Trinajstić information content (AvgIpc) is 2.41. The molecule has 2 aromatic carbocycles. The monoisotopic (exact) mass is 259 g/mol. The number of hydrogen-bond donors (Lipinski definition) is 3. The van der Waals surface area contributed by atoms with Gasteiger partial charge in [-0.1, -0.05) is 0 Å². The van der Waals surface area contributed by atoms with Gasteiger partial charge in [0, 0.05) is 16.9 Å². The van der Waals surface area contributed by atoms with Crippen LogP contribution in [0, 0.1) is 12.7 Å². The van der Waals surface area contributed by atoms with Crippen LogP contribution in [0.15, 0.2) is 42.5 Å². The van der Waals surface area contributed by atoms with Gasteiger partial charge >= 0.3 is 0 Å². The molecule has 0 aliphatic carbocycles. The third kappa shape index (κ3) is 3.08. The lowest BCUT2D eigenvalue weighted by Gasteiger charge is -2.09. The lowest BCUT2D eigenvalue weighted by molar-refractivity contribution is 0.102. The predicted octanol–water partition coefficient (Wildman–Crippen LogP) is 2.67. The van der Waals surface area contributed by atoms with Crippen molar-refractivity contribution in [1.29, 1.82) is 0 Å². The molecule has 0 aliphatic rings. The summed E-state index contributed by atoms with van der Waals surface area (Å²) in [4.78, 5) is 12.1. The number of amides is 1. The van der Waals surface area contributed by atoms with Crippen LogP contribution in [-0.2, 0) is 0 Å². The third-order valence-electron chi connectivity index (χ3n) is 2.74. The van der Waals surface area contributed by atoms with Gasteiger partial charge in [-0.3, -0.25) is 10.6 Å². The van der Waals surface area contributed by atoms with E-state index in [4.69, 9.17) is 5.84 Å². The number of nitrogens with one attached hydrogen (secondary N) is 2. The normalized spacial score (nSPS) is 10.1. The van der Waals surface area contributed by atoms with Crippen molar-refractivity contribution in [2.24, 2.45) is 5.84 Å². The van der Waals surface area contributed by atoms with E-state index >= 15 is 0 Å². The lowest BCUT2D eigenvalue weighted by Crippen LogP contribution is -2.14. The summed E-state index contributed by atoms with van der Waals surface area (Å²) in [5.41, 5.74) is 5.14. The molecule has 4 N–H and O–H groups in total. The maximum Gasteiger partial charge on any atom is 0.255 e. The molecule has 1 amide bonds. The zero-order chi connectivity index (χ0) is 13.8. The molecule has 5 heteroatoms. The first-order valence-electron chi connectivity index (χ1n) is 5.74. The van der Waals surface area contributed by atoms with Crippen LogP contribution in [0.5, 0.6) is 0 Å². The summed E-state index contributed by atoms with van der Waals surface area (Å²) >= 11 is 0. The summed E-state index contributed by atoms with van der Waals surface area (Å²) in [5, 5.41) is 2.71. The first kappa shape index (κ1) is 13.0. The van der Waals surface area contributed by atoms with Gasteiger partial charge in [0.05, 0.1) is 0 Å². The number of aryl methyl sites for hydroxylation is 1. The van der Waals surface area contributed by atoms with E-state index in [9.17, 15) is 9.18 Å². The summed E-state index contributed by atoms with van der Waals surface area (Å²) in [7, 11) is 0. The summed E-state index contributed by atoms with van der Waals surface area (Å²) < 4.78 is 12.8. The Labute approximate surface area is 110 Å². The van der Waals surface area contributed by atoms with E-state index in [1.54, 1.807) is 18.2 Å². The van der Waals surface area contributed by atoms with Gasteiger partial charge in [-0.05, 0) is 55.0 Å². The Morgan fingerprint density at radius 2 is 1.74 bits per heavy atom. The first-order valence-corrected chi connectivity index (χ1v) is 5.74.